The predicted octanol–water partition coefficient (Wildman–Crippen LogP) is 2.55. The van der Waals surface area contributed by atoms with Crippen molar-refractivity contribution < 1.29 is 27.8 Å². The number of rotatable bonds is 7. The number of halogens is 2. The van der Waals surface area contributed by atoms with E-state index < -0.39 is 6.61 Å². The first-order chi connectivity index (χ1) is 16.0. The van der Waals surface area contributed by atoms with Crippen molar-refractivity contribution in [2.24, 2.45) is 0 Å². The fourth-order valence-corrected chi connectivity index (χ4v) is 4.02. The molecule has 2 amide bonds. The number of hydrogen-bond acceptors (Lipinski definition) is 6. The summed E-state index contributed by atoms with van der Waals surface area (Å²) in [5.74, 6) is 0.210. The predicted molar refractivity (Wildman–Crippen MR) is 117 cm³/mol. The van der Waals surface area contributed by atoms with E-state index in [4.69, 9.17) is 4.74 Å². The quantitative estimate of drug-likeness (QED) is 0.684. The highest BCUT2D eigenvalue weighted by molar-refractivity contribution is 5.99. The van der Waals surface area contributed by atoms with Gasteiger partial charge >= 0.3 is 6.61 Å². The zero-order valence-electron chi connectivity index (χ0n) is 18.1. The molecule has 0 aliphatic carbocycles. The third kappa shape index (κ3) is 5.75. The lowest BCUT2D eigenvalue weighted by molar-refractivity contribution is -0.0498. The Kier molecular flexibility index (Phi) is 7.33. The molecule has 8 nitrogen and oxygen atoms in total. The van der Waals surface area contributed by atoms with Crippen LogP contribution in [0.2, 0.25) is 0 Å². The number of nitrogens with one attached hydrogen (secondary N) is 1. The number of ether oxygens (including phenoxy) is 2. The third-order valence-electron chi connectivity index (χ3n) is 5.74. The van der Waals surface area contributed by atoms with Gasteiger partial charge in [-0.25, -0.2) is 4.98 Å². The largest absolute Gasteiger partial charge is 0.435 e. The smallest absolute Gasteiger partial charge is 0.387 e. The maximum Gasteiger partial charge on any atom is 0.387 e. The molecular weight excluding hydrogens is 434 g/mol. The van der Waals surface area contributed by atoms with Crippen LogP contribution in [0.4, 0.5) is 14.6 Å². The molecule has 2 fully saturated rings. The second-order valence-electron chi connectivity index (χ2n) is 7.90. The van der Waals surface area contributed by atoms with Gasteiger partial charge in [0.25, 0.3) is 11.8 Å². The minimum Gasteiger partial charge on any atom is -0.435 e. The lowest BCUT2D eigenvalue weighted by atomic mass is 10.1. The topological polar surface area (TPSA) is 84.0 Å². The molecule has 0 unspecified atom stereocenters. The summed E-state index contributed by atoms with van der Waals surface area (Å²) in [6.07, 6.45) is 3.65. The summed E-state index contributed by atoms with van der Waals surface area (Å²) < 4.78 is 34.5. The molecule has 176 valence electrons. The molecule has 1 aromatic carbocycles. The van der Waals surface area contributed by atoms with Crippen molar-refractivity contribution in [2.45, 2.75) is 25.6 Å². The molecule has 2 aromatic rings. The van der Waals surface area contributed by atoms with E-state index in [0.717, 1.165) is 19.4 Å². The zero-order valence-corrected chi connectivity index (χ0v) is 18.1. The van der Waals surface area contributed by atoms with Crippen molar-refractivity contribution in [3.05, 3.63) is 53.7 Å². The van der Waals surface area contributed by atoms with Crippen LogP contribution in [-0.4, -0.2) is 73.7 Å². The molecule has 33 heavy (non-hydrogen) atoms. The Bertz CT molecular complexity index is 959. The van der Waals surface area contributed by atoms with E-state index in [9.17, 15) is 18.4 Å². The Hall–Kier alpha value is -3.27. The molecule has 1 aromatic heterocycles. The van der Waals surface area contributed by atoms with E-state index in [1.807, 2.05) is 4.90 Å². The number of amides is 2. The summed E-state index contributed by atoms with van der Waals surface area (Å²) in [6, 6.07) is 9.12. The van der Waals surface area contributed by atoms with Gasteiger partial charge < -0.3 is 24.6 Å². The van der Waals surface area contributed by atoms with Gasteiger partial charge in [-0.05, 0) is 49.2 Å². The summed E-state index contributed by atoms with van der Waals surface area (Å²) in [7, 11) is 0. The Morgan fingerprint density at radius 2 is 1.91 bits per heavy atom. The minimum atomic E-state index is -2.91. The molecular formula is C23H26F2N4O4. The average molecular weight is 460 g/mol. The number of piperazine rings is 1. The highest BCUT2D eigenvalue weighted by Crippen LogP contribution is 2.21. The Balaban J connectivity index is 1.35. The van der Waals surface area contributed by atoms with E-state index in [1.54, 1.807) is 23.2 Å². The number of carbonyl (C=O) groups excluding carboxylic acids is 2. The van der Waals surface area contributed by atoms with Gasteiger partial charge in [-0.2, -0.15) is 8.78 Å². The van der Waals surface area contributed by atoms with Gasteiger partial charge in [0.15, 0.2) is 0 Å². The molecule has 1 N–H and O–H groups in total. The van der Waals surface area contributed by atoms with Crippen molar-refractivity contribution in [3.63, 3.8) is 0 Å². The maximum absolute atomic E-state index is 12.8. The Labute approximate surface area is 190 Å². The molecule has 0 bridgehead atoms. The lowest BCUT2D eigenvalue weighted by Gasteiger charge is -2.36. The molecule has 2 aliphatic rings. The number of alkyl halides is 2. The normalized spacial score (nSPS) is 18.5. The Morgan fingerprint density at radius 3 is 2.58 bits per heavy atom. The van der Waals surface area contributed by atoms with Gasteiger partial charge in [0.2, 0.25) is 0 Å². The number of benzene rings is 1. The average Bonchev–Trinajstić information content (AvgIpc) is 3.36. The molecule has 4 rings (SSSR count). The first-order valence-corrected chi connectivity index (χ1v) is 10.9. The zero-order chi connectivity index (χ0) is 23.2. The van der Waals surface area contributed by atoms with Gasteiger partial charge in [-0.1, -0.05) is 0 Å². The van der Waals surface area contributed by atoms with Crippen LogP contribution in [0.3, 0.4) is 0 Å². The maximum atomic E-state index is 12.8. The fraction of sp³-hybridized carbons (Fsp3) is 0.435. The standard InChI is InChI=1S/C23H26F2N4O4/c24-23(25)33-17-7-5-16(6-8-17)22(31)29-12-10-28(11-13-29)20-19(4-1-9-26-20)21(30)27-15-18-3-2-14-32-18/h1,4-9,18,23H,2-3,10-15H2,(H,27,30)/t18-/m0/s1. The minimum absolute atomic E-state index is 0.00632. The molecule has 0 radical (unpaired) electrons. The van der Waals surface area contributed by atoms with Gasteiger partial charge in [0.05, 0.1) is 11.7 Å². The van der Waals surface area contributed by atoms with Crippen molar-refractivity contribution in [2.75, 3.05) is 44.2 Å². The second-order valence-corrected chi connectivity index (χ2v) is 7.90. The highest BCUT2D eigenvalue weighted by atomic mass is 19.3. The van der Waals surface area contributed by atoms with Crippen molar-refractivity contribution in [1.29, 1.82) is 0 Å². The van der Waals surface area contributed by atoms with Crippen LogP contribution < -0.4 is 15.0 Å². The highest BCUT2D eigenvalue weighted by Gasteiger charge is 2.26. The molecule has 2 saturated heterocycles. The van der Waals surface area contributed by atoms with Crippen LogP contribution in [0.15, 0.2) is 42.6 Å². The van der Waals surface area contributed by atoms with Gasteiger partial charge in [-0.3, -0.25) is 9.59 Å². The number of carbonyl (C=O) groups is 2. The molecule has 10 heteroatoms. The van der Waals surface area contributed by atoms with Crippen LogP contribution in [0.25, 0.3) is 0 Å². The van der Waals surface area contributed by atoms with Gasteiger partial charge in [0.1, 0.15) is 11.6 Å². The summed E-state index contributed by atoms with van der Waals surface area (Å²) >= 11 is 0. The molecule has 3 heterocycles. The van der Waals surface area contributed by atoms with Gasteiger partial charge in [-0.15, -0.1) is 0 Å². The first-order valence-electron chi connectivity index (χ1n) is 10.9. The molecule has 0 saturated carbocycles. The van der Waals surface area contributed by atoms with Gasteiger partial charge in [0, 0.05) is 51.1 Å². The summed E-state index contributed by atoms with van der Waals surface area (Å²) in [5.41, 5.74) is 0.891. The van der Waals surface area contributed by atoms with Crippen LogP contribution in [0, 0.1) is 0 Å². The lowest BCUT2D eigenvalue weighted by Crippen LogP contribution is -2.49. The van der Waals surface area contributed by atoms with Crippen molar-refractivity contribution in [3.8, 4) is 5.75 Å². The van der Waals surface area contributed by atoms with E-state index in [2.05, 4.69) is 15.0 Å². The number of anilines is 1. The SMILES string of the molecule is O=C(NC[C@@H]1CCCO1)c1cccnc1N1CCN(C(=O)c2ccc(OC(F)F)cc2)CC1. The summed E-state index contributed by atoms with van der Waals surface area (Å²) in [6.45, 7) is 0.215. The van der Waals surface area contributed by atoms with Crippen LogP contribution >= 0.6 is 0 Å². The number of aromatic nitrogens is 1. The van der Waals surface area contributed by atoms with E-state index in [1.165, 1.54) is 24.3 Å². The summed E-state index contributed by atoms with van der Waals surface area (Å²) in [4.78, 5) is 33.7. The molecule has 0 spiro atoms. The molecule has 1 atom stereocenters. The molecule has 2 aliphatic heterocycles. The Morgan fingerprint density at radius 1 is 1.15 bits per heavy atom. The summed E-state index contributed by atoms with van der Waals surface area (Å²) in [5, 5.41) is 2.93. The second kappa shape index (κ2) is 10.6. The fourth-order valence-electron chi connectivity index (χ4n) is 4.02. The van der Waals surface area contributed by atoms with E-state index >= 15 is 0 Å². The number of pyridine rings is 1. The van der Waals surface area contributed by atoms with Crippen molar-refractivity contribution in [1.82, 2.24) is 15.2 Å². The van der Waals surface area contributed by atoms with E-state index in [-0.39, 0.29) is 23.7 Å². The number of hydrogen-bond donors (Lipinski definition) is 1. The van der Waals surface area contributed by atoms with Crippen LogP contribution in [-0.2, 0) is 4.74 Å². The van der Waals surface area contributed by atoms with Crippen LogP contribution in [0.5, 0.6) is 5.75 Å². The monoisotopic (exact) mass is 460 g/mol. The third-order valence-corrected chi connectivity index (χ3v) is 5.74. The van der Waals surface area contributed by atoms with E-state index in [0.29, 0.717) is 49.7 Å². The first kappa shape index (κ1) is 22.9. The number of nitrogens with zero attached hydrogens (tertiary/aromatic N) is 3. The van der Waals surface area contributed by atoms with Crippen molar-refractivity contribution >= 4 is 17.6 Å². The van der Waals surface area contributed by atoms with Crippen LogP contribution in [0.1, 0.15) is 33.6 Å².